The van der Waals surface area contributed by atoms with E-state index in [1.807, 2.05) is 32.6 Å². The van der Waals surface area contributed by atoms with Gasteiger partial charge in [-0.25, -0.2) is 9.78 Å². The lowest BCUT2D eigenvalue weighted by Crippen LogP contribution is -2.36. The topological polar surface area (TPSA) is 74.7 Å². The van der Waals surface area contributed by atoms with Crippen molar-refractivity contribution in [3.8, 4) is 11.6 Å². The van der Waals surface area contributed by atoms with Crippen LogP contribution in [0, 0.1) is 20.8 Å². The normalized spacial score (nSPS) is 10.8. The molecule has 0 saturated heterocycles. The molecule has 0 spiro atoms. The Morgan fingerprint density at radius 2 is 1.86 bits per heavy atom. The highest BCUT2D eigenvalue weighted by Crippen LogP contribution is 2.36. The van der Waals surface area contributed by atoms with Crippen LogP contribution in [0.3, 0.4) is 0 Å². The summed E-state index contributed by atoms with van der Waals surface area (Å²) in [4.78, 5) is 18.6. The summed E-state index contributed by atoms with van der Waals surface area (Å²) in [5.74, 6) is -0.405. The molecular weight excluding hydrogens is 378 g/mol. The average Bonchev–Trinajstić information content (AvgIpc) is 2.60. The lowest BCUT2D eigenvalue weighted by atomic mass is 10.1. The quantitative estimate of drug-likeness (QED) is 0.576. The van der Waals surface area contributed by atoms with Gasteiger partial charge in [0, 0.05) is 17.3 Å². The van der Waals surface area contributed by atoms with Crippen LogP contribution in [0.2, 0.25) is 5.02 Å². The molecule has 2 aromatic rings. The third kappa shape index (κ3) is 5.14. The Kier molecular flexibility index (Phi) is 7.66. The summed E-state index contributed by atoms with van der Waals surface area (Å²) in [7, 11) is 0. The number of aromatic carboxylic acids is 1. The van der Waals surface area contributed by atoms with Gasteiger partial charge in [0.05, 0.1) is 12.4 Å². The van der Waals surface area contributed by atoms with Crippen molar-refractivity contribution >= 4 is 23.3 Å². The number of carboxylic acid groups (broad SMARTS) is 1. The molecule has 0 aliphatic heterocycles. The third-order valence-electron chi connectivity index (χ3n) is 4.32. The van der Waals surface area contributed by atoms with E-state index in [9.17, 15) is 9.90 Å². The van der Waals surface area contributed by atoms with Crippen LogP contribution in [0.5, 0.6) is 11.6 Å². The van der Waals surface area contributed by atoms with E-state index >= 15 is 0 Å². The molecule has 6 nitrogen and oxygen atoms in total. The third-order valence-corrected chi connectivity index (χ3v) is 4.54. The van der Waals surface area contributed by atoms with Crippen molar-refractivity contribution < 1.29 is 14.6 Å². The van der Waals surface area contributed by atoms with E-state index in [-0.39, 0.29) is 11.4 Å². The maximum atomic E-state index is 12.2. The number of ether oxygens (including phenoxy) is 1. The largest absolute Gasteiger partial charge is 0.477 e. The average molecular weight is 406 g/mol. The molecule has 7 heteroatoms. The molecule has 0 saturated carbocycles. The molecule has 1 heterocycles. The summed E-state index contributed by atoms with van der Waals surface area (Å²) >= 11 is 6.10. The first-order chi connectivity index (χ1) is 13.3. The Bertz CT molecular complexity index is 832. The molecule has 1 aromatic carbocycles. The lowest BCUT2D eigenvalue weighted by Gasteiger charge is -2.27. The second-order valence-electron chi connectivity index (χ2n) is 6.76. The number of nitrogens with zero attached hydrogens (tertiary/aromatic N) is 2. The number of aryl methyl sites for hydroxylation is 3. The van der Waals surface area contributed by atoms with Crippen molar-refractivity contribution in [3.05, 3.63) is 45.6 Å². The Balaban J connectivity index is 2.59. The van der Waals surface area contributed by atoms with Gasteiger partial charge in [0.25, 0.3) is 0 Å². The summed E-state index contributed by atoms with van der Waals surface area (Å²) in [6, 6.07) is 5.37. The van der Waals surface area contributed by atoms with E-state index in [1.54, 1.807) is 18.2 Å². The zero-order valence-corrected chi connectivity index (χ0v) is 17.9. The summed E-state index contributed by atoms with van der Waals surface area (Å²) < 4.78 is 6.04. The second-order valence-corrected chi connectivity index (χ2v) is 7.20. The van der Waals surface area contributed by atoms with Crippen LogP contribution in [0.25, 0.3) is 0 Å². The molecule has 2 rings (SSSR count). The molecule has 0 aliphatic rings. The van der Waals surface area contributed by atoms with Gasteiger partial charge < -0.3 is 20.1 Å². The zero-order valence-electron chi connectivity index (χ0n) is 17.1. The summed E-state index contributed by atoms with van der Waals surface area (Å²) in [5.41, 5.74) is 3.00. The van der Waals surface area contributed by atoms with Gasteiger partial charge in [-0.3, -0.25) is 0 Å². The molecule has 152 valence electrons. The molecule has 0 atom stereocenters. The number of hydrogen-bond acceptors (Lipinski definition) is 5. The van der Waals surface area contributed by atoms with E-state index < -0.39 is 5.97 Å². The lowest BCUT2D eigenvalue weighted by molar-refractivity contribution is 0.0694. The summed E-state index contributed by atoms with van der Waals surface area (Å²) in [5, 5.41) is 13.8. The fraction of sp³-hybridized carbons (Fsp3) is 0.429. The smallest absolute Gasteiger partial charge is 0.343 e. The number of hydrogen-bond donors (Lipinski definition) is 2. The fourth-order valence-corrected chi connectivity index (χ4v) is 3.44. The first-order valence-corrected chi connectivity index (χ1v) is 9.81. The molecule has 0 bridgehead atoms. The molecule has 0 unspecified atom stereocenters. The van der Waals surface area contributed by atoms with Gasteiger partial charge in [0.2, 0.25) is 5.88 Å². The van der Waals surface area contributed by atoms with E-state index in [0.29, 0.717) is 28.8 Å². The van der Waals surface area contributed by atoms with Gasteiger partial charge in [-0.15, -0.1) is 0 Å². The number of anilines is 1. The number of halogens is 1. The van der Waals surface area contributed by atoms with Crippen molar-refractivity contribution in [1.82, 2.24) is 10.3 Å². The Morgan fingerprint density at radius 3 is 2.39 bits per heavy atom. The number of aromatic nitrogens is 1. The first-order valence-electron chi connectivity index (χ1n) is 9.43. The van der Waals surface area contributed by atoms with Crippen LogP contribution in [0.4, 0.5) is 5.69 Å². The predicted octanol–water partition coefficient (Wildman–Crippen LogP) is 4.93. The maximum Gasteiger partial charge on any atom is 0.343 e. The van der Waals surface area contributed by atoms with Gasteiger partial charge in [-0.1, -0.05) is 25.4 Å². The minimum Gasteiger partial charge on any atom is -0.477 e. The number of benzene rings is 1. The highest BCUT2D eigenvalue weighted by atomic mass is 35.5. The highest BCUT2D eigenvalue weighted by molar-refractivity contribution is 6.30. The van der Waals surface area contributed by atoms with E-state index in [0.717, 1.165) is 30.6 Å². The van der Waals surface area contributed by atoms with Crippen molar-refractivity contribution in [1.29, 1.82) is 0 Å². The SMILES string of the molecule is CCCN(CNCC)c1cc(C)nc(Oc2c(C)cc(Cl)cc2C)c1C(=O)O. The van der Waals surface area contributed by atoms with Gasteiger partial charge in [-0.2, -0.15) is 0 Å². The molecular formula is C21H28ClN3O3. The maximum absolute atomic E-state index is 12.2. The zero-order chi connectivity index (χ0) is 20.8. The molecule has 2 N–H and O–H groups in total. The van der Waals surface area contributed by atoms with Crippen LogP contribution in [0.15, 0.2) is 18.2 Å². The summed E-state index contributed by atoms with van der Waals surface area (Å²) in [6.45, 7) is 11.7. The minimum atomic E-state index is -1.07. The van der Waals surface area contributed by atoms with Crippen LogP contribution in [0.1, 0.15) is 47.4 Å². The van der Waals surface area contributed by atoms with Crippen molar-refractivity contribution in [2.45, 2.75) is 41.0 Å². The standard InChI is InChI=1S/C21H28ClN3O3/c1-6-8-25(12-23-7-2)17-11-15(5)24-20(18(17)21(26)27)28-19-13(3)9-16(22)10-14(19)4/h9-11,23H,6-8,12H2,1-5H3,(H,26,27). The van der Waals surface area contributed by atoms with Crippen LogP contribution >= 0.6 is 11.6 Å². The summed E-state index contributed by atoms with van der Waals surface area (Å²) in [6.07, 6.45) is 0.886. The van der Waals surface area contributed by atoms with Crippen LogP contribution < -0.4 is 15.0 Å². The fourth-order valence-electron chi connectivity index (χ4n) is 3.11. The van der Waals surface area contributed by atoms with Gasteiger partial charge in [0.1, 0.15) is 11.3 Å². The number of carboxylic acids is 1. The van der Waals surface area contributed by atoms with Gasteiger partial charge in [0.15, 0.2) is 0 Å². The monoisotopic (exact) mass is 405 g/mol. The molecule has 0 aliphatic carbocycles. The van der Waals surface area contributed by atoms with E-state index in [4.69, 9.17) is 16.3 Å². The number of carbonyl (C=O) groups is 1. The molecule has 28 heavy (non-hydrogen) atoms. The van der Waals surface area contributed by atoms with Gasteiger partial charge >= 0.3 is 5.97 Å². The number of nitrogens with one attached hydrogen (secondary N) is 1. The van der Waals surface area contributed by atoms with Crippen molar-refractivity contribution in [2.75, 3.05) is 24.7 Å². The second kappa shape index (κ2) is 9.75. The van der Waals surface area contributed by atoms with Gasteiger partial charge in [-0.05, 0) is 63.1 Å². The molecule has 0 radical (unpaired) electrons. The van der Waals surface area contributed by atoms with E-state index in [2.05, 4.69) is 17.2 Å². The minimum absolute atomic E-state index is 0.0608. The first kappa shape index (κ1) is 22.0. The number of pyridine rings is 1. The molecule has 0 fully saturated rings. The highest BCUT2D eigenvalue weighted by Gasteiger charge is 2.24. The number of rotatable bonds is 9. The predicted molar refractivity (Wildman–Crippen MR) is 113 cm³/mol. The van der Waals surface area contributed by atoms with Crippen LogP contribution in [-0.2, 0) is 0 Å². The Hall–Kier alpha value is -2.31. The van der Waals surface area contributed by atoms with Crippen molar-refractivity contribution in [3.63, 3.8) is 0 Å². The van der Waals surface area contributed by atoms with E-state index in [1.165, 1.54) is 0 Å². The Labute approximate surface area is 171 Å². The van der Waals surface area contributed by atoms with Crippen molar-refractivity contribution in [2.24, 2.45) is 0 Å². The molecule has 1 aromatic heterocycles. The Morgan fingerprint density at radius 1 is 1.21 bits per heavy atom. The van der Waals surface area contributed by atoms with Crippen LogP contribution in [-0.4, -0.2) is 35.8 Å². The molecule has 0 amide bonds.